The molecular weight excluding hydrogens is 379 g/mol. The molecule has 0 aliphatic heterocycles. The van der Waals surface area contributed by atoms with E-state index >= 15 is 0 Å². The average molecular weight is 397 g/mol. The summed E-state index contributed by atoms with van der Waals surface area (Å²) in [5, 5.41) is 11.6. The van der Waals surface area contributed by atoms with E-state index in [-0.39, 0.29) is 11.6 Å². The van der Waals surface area contributed by atoms with E-state index in [1.165, 1.54) is 14.2 Å². The number of oxime groups is 1. The Morgan fingerprint density at radius 1 is 1.27 bits per heavy atom. The third kappa shape index (κ3) is 4.56. The Balaban J connectivity index is 2.27. The summed E-state index contributed by atoms with van der Waals surface area (Å²) in [6, 6.07) is 6.78. The molecule has 0 saturated heterocycles. The Morgan fingerprint density at radius 2 is 2.00 bits per heavy atom. The number of ether oxygens (including phenoxy) is 1. The van der Waals surface area contributed by atoms with E-state index in [0.29, 0.717) is 32.9 Å². The molecule has 2 aromatic rings. The lowest BCUT2D eigenvalue weighted by Crippen LogP contribution is -2.29. The smallest absolute Gasteiger partial charge is 0.273 e. The van der Waals surface area contributed by atoms with Crippen LogP contribution in [0.25, 0.3) is 5.69 Å². The predicted molar refractivity (Wildman–Crippen MR) is 101 cm³/mol. The van der Waals surface area contributed by atoms with Crippen LogP contribution in [0, 0.1) is 0 Å². The molecule has 26 heavy (non-hydrogen) atoms. The zero-order valence-electron chi connectivity index (χ0n) is 14.7. The van der Waals surface area contributed by atoms with Gasteiger partial charge in [0.15, 0.2) is 5.71 Å². The van der Waals surface area contributed by atoms with Crippen LogP contribution in [0.3, 0.4) is 0 Å². The number of carbonyl (C=O) groups excluding carboxylic acids is 1. The van der Waals surface area contributed by atoms with Gasteiger partial charge in [0.1, 0.15) is 12.9 Å². The molecule has 0 unspecified atom stereocenters. The number of rotatable bonds is 6. The number of amides is 1. The van der Waals surface area contributed by atoms with Gasteiger partial charge in [-0.15, -0.1) is 5.10 Å². The summed E-state index contributed by atoms with van der Waals surface area (Å²) >= 11 is 12.1. The third-order valence-electron chi connectivity index (χ3n) is 3.49. The van der Waals surface area contributed by atoms with Gasteiger partial charge in [0.2, 0.25) is 5.88 Å². The number of hydrogen-bond donors (Lipinski definition) is 1. The first-order valence-electron chi connectivity index (χ1n) is 7.57. The number of carbonyl (C=O) groups is 1. The number of halogens is 2. The summed E-state index contributed by atoms with van der Waals surface area (Å²) in [5.74, 6) is 0.407. The second-order valence-corrected chi connectivity index (χ2v) is 6.02. The molecule has 1 heterocycles. The molecule has 138 valence electrons. The molecule has 2 rings (SSSR count). The summed E-state index contributed by atoms with van der Waals surface area (Å²) in [5.41, 5.74) is 1.30. The van der Waals surface area contributed by atoms with Gasteiger partial charge >= 0.3 is 0 Å². The number of nitrogens with one attached hydrogen (secondary N) is 1. The molecule has 0 aliphatic rings. The van der Waals surface area contributed by atoms with Crippen molar-refractivity contribution in [1.82, 2.24) is 15.1 Å². The van der Waals surface area contributed by atoms with Crippen molar-refractivity contribution in [2.45, 2.75) is 13.8 Å². The van der Waals surface area contributed by atoms with E-state index in [4.69, 9.17) is 32.8 Å². The van der Waals surface area contributed by atoms with E-state index < -0.39 is 0 Å². The largest absolute Gasteiger partial charge is 0.442 e. The molecule has 0 atom stereocenters. The van der Waals surface area contributed by atoms with Crippen LogP contribution >= 0.6 is 23.2 Å². The highest BCUT2D eigenvalue weighted by atomic mass is 35.5. The number of nitrogens with zero attached hydrogens (tertiary/aromatic N) is 3. The molecule has 0 bridgehead atoms. The summed E-state index contributed by atoms with van der Waals surface area (Å²) < 4.78 is 7.29. The van der Waals surface area contributed by atoms with Crippen LogP contribution in [-0.2, 0) is 9.63 Å². The van der Waals surface area contributed by atoms with Crippen LogP contribution in [0.5, 0.6) is 5.88 Å². The zero-order valence-corrected chi connectivity index (χ0v) is 16.2. The first-order chi connectivity index (χ1) is 12.4. The Bertz CT molecular complexity index is 875. The van der Waals surface area contributed by atoms with Crippen LogP contribution in [0.1, 0.15) is 13.8 Å². The molecule has 9 heteroatoms. The van der Waals surface area contributed by atoms with Crippen LogP contribution in [-0.4, -0.2) is 35.6 Å². The summed E-state index contributed by atoms with van der Waals surface area (Å²) in [7, 11) is 2.87. The van der Waals surface area contributed by atoms with E-state index in [9.17, 15) is 4.79 Å². The molecule has 7 nitrogen and oxygen atoms in total. The molecular formula is C17H18Cl2N4O3. The van der Waals surface area contributed by atoms with Crippen molar-refractivity contribution in [3.05, 3.63) is 51.8 Å². The SMILES string of the molecule is CNC(=O)C(=NOC)C(C)=C(C)Oc1ccn(-c2ccc(Cl)cc2Cl)n1. The van der Waals surface area contributed by atoms with Crippen LogP contribution in [0.4, 0.5) is 0 Å². The highest BCUT2D eigenvalue weighted by Crippen LogP contribution is 2.25. The van der Waals surface area contributed by atoms with E-state index in [0.717, 1.165) is 0 Å². The number of benzene rings is 1. The fourth-order valence-electron chi connectivity index (χ4n) is 2.05. The van der Waals surface area contributed by atoms with Gasteiger partial charge in [0, 0.05) is 29.9 Å². The summed E-state index contributed by atoms with van der Waals surface area (Å²) in [6.45, 7) is 3.41. The average Bonchev–Trinajstić information content (AvgIpc) is 3.06. The number of allylic oxidation sites excluding steroid dienone is 1. The lowest BCUT2D eigenvalue weighted by Gasteiger charge is -2.09. The van der Waals surface area contributed by atoms with Crippen LogP contribution in [0.15, 0.2) is 47.0 Å². The molecule has 0 aliphatic carbocycles. The minimum absolute atomic E-state index is 0.118. The topological polar surface area (TPSA) is 77.7 Å². The minimum atomic E-state index is -0.384. The van der Waals surface area contributed by atoms with Crippen LogP contribution < -0.4 is 10.1 Å². The summed E-state index contributed by atoms with van der Waals surface area (Å²) in [6.07, 6.45) is 1.70. The van der Waals surface area contributed by atoms with Crippen molar-refractivity contribution < 1.29 is 14.4 Å². The van der Waals surface area contributed by atoms with Gasteiger partial charge in [-0.05, 0) is 32.0 Å². The van der Waals surface area contributed by atoms with Gasteiger partial charge in [0.25, 0.3) is 5.91 Å². The molecule has 1 aromatic carbocycles. The van der Waals surface area contributed by atoms with Crippen LogP contribution in [0.2, 0.25) is 10.0 Å². The molecule has 0 saturated carbocycles. The number of hydrogen-bond acceptors (Lipinski definition) is 5. The number of aromatic nitrogens is 2. The Morgan fingerprint density at radius 3 is 2.62 bits per heavy atom. The van der Waals surface area contributed by atoms with E-state index in [2.05, 4.69) is 15.6 Å². The van der Waals surface area contributed by atoms with Gasteiger partial charge in [-0.25, -0.2) is 4.68 Å². The quantitative estimate of drug-likeness (QED) is 0.459. The first-order valence-corrected chi connectivity index (χ1v) is 8.33. The molecule has 1 amide bonds. The van der Waals surface area contributed by atoms with E-state index in [1.54, 1.807) is 49.0 Å². The fourth-order valence-corrected chi connectivity index (χ4v) is 2.55. The molecule has 1 aromatic heterocycles. The maximum Gasteiger partial charge on any atom is 0.273 e. The van der Waals surface area contributed by atoms with Gasteiger partial charge in [0.05, 0.1) is 10.7 Å². The maximum atomic E-state index is 11.9. The fraction of sp³-hybridized carbons (Fsp3) is 0.235. The second-order valence-electron chi connectivity index (χ2n) is 5.18. The van der Waals surface area contributed by atoms with Gasteiger partial charge in [-0.3, -0.25) is 4.79 Å². The summed E-state index contributed by atoms with van der Waals surface area (Å²) in [4.78, 5) is 16.6. The zero-order chi connectivity index (χ0) is 19.3. The van der Waals surface area contributed by atoms with Crippen molar-refractivity contribution in [3.63, 3.8) is 0 Å². The molecule has 0 spiro atoms. The van der Waals surface area contributed by atoms with Gasteiger partial charge in [-0.2, -0.15) is 0 Å². The van der Waals surface area contributed by atoms with Gasteiger partial charge in [-0.1, -0.05) is 28.4 Å². The van der Waals surface area contributed by atoms with Crippen molar-refractivity contribution in [3.8, 4) is 11.6 Å². The van der Waals surface area contributed by atoms with Gasteiger partial charge < -0.3 is 14.9 Å². The molecule has 0 fully saturated rings. The van der Waals surface area contributed by atoms with Crippen molar-refractivity contribution in [2.75, 3.05) is 14.2 Å². The Kier molecular flexibility index (Phi) is 6.65. The minimum Gasteiger partial charge on any atom is -0.442 e. The molecule has 0 radical (unpaired) electrons. The highest BCUT2D eigenvalue weighted by molar-refractivity contribution is 6.45. The standard InChI is InChI=1S/C17H18Cl2N4O3/c1-10(16(22-25-4)17(24)20-3)11(2)26-15-7-8-23(21-15)14-6-5-12(18)9-13(14)19/h5-9H,1-4H3,(H,20,24). The van der Waals surface area contributed by atoms with Crippen molar-refractivity contribution >= 4 is 34.8 Å². The van der Waals surface area contributed by atoms with Crippen molar-refractivity contribution in [2.24, 2.45) is 5.16 Å². The highest BCUT2D eigenvalue weighted by Gasteiger charge is 2.17. The normalized spacial score (nSPS) is 12.5. The van der Waals surface area contributed by atoms with Crippen molar-refractivity contribution in [1.29, 1.82) is 0 Å². The second kappa shape index (κ2) is 8.73. The maximum absolute atomic E-state index is 11.9. The molecule has 1 N–H and O–H groups in total. The van der Waals surface area contributed by atoms with E-state index in [1.807, 2.05) is 0 Å². The predicted octanol–water partition coefficient (Wildman–Crippen LogP) is 3.60. The Labute approximate surface area is 161 Å². The lowest BCUT2D eigenvalue weighted by atomic mass is 10.1. The monoisotopic (exact) mass is 396 g/mol. The lowest BCUT2D eigenvalue weighted by molar-refractivity contribution is -0.114. The third-order valence-corrected chi connectivity index (χ3v) is 4.02. The Hall–Kier alpha value is -2.51. The first kappa shape index (κ1) is 19.8.